The Kier molecular flexibility index (Phi) is 5.61. The number of ether oxygens (including phenoxy) is 1. The van der Waals surface area contributed by atoms with Crippen molar-refractivity contribution in [3.05, 3.63) is 53.9 Å². The van der Waals surface area contributed by atoms with E-state index in [9.17, 15) is 4.79 Å². The summed E-state index contributed by atoms with van der Waals surface area (Å²) in [5.41, 5.74) is 2.25. The fraction of sp³-hybridized carbons (Fsp3) is 0.444. The predicted molar refractivity (Wildman–Crippen MR) is 91.4 cm³/mol. The Morgan fingerprint density at radius 1 is 1.38 bits per heavy atom. The van der Waals surface area contributed by atoms with Crippen molar-refractivity contribution in [2.24, 2.45) is 13.0 Å². The van der Waals surface area contributed by atoms with Crippen LogP contribution in [0, 0.1) is 5.92 Å². The minimum absolute atomic E-state index is 0.0525. The van der Waals surface area contributed by atoms with E-state index < -0.39 is 0 Å². The standard InChI is InChI=1S/C18H24N4O2/c1-22-12-15(9-21-22)16-10-19-11-17(16)18(23)20-7-8-24-13-14-5-3-2-4-6-14/h2-6,9,12,16-17,19H,7-8,10-11,13H2,1H3,(H,20,23)/t16-,17+/m1/s1. The van der Waals surface area contributed by atoms with Crippen LogP contribution in [0.5, 0.6) is 0 Å². The topological polar surface area (TPSA) is 68.2 Å². The molecule has 6 heteroatoms. The number of carbonyl (C=O) groups is 1. The Morgan fingerprint density at radius 3 is 2.96 bits per heavy atom. The molecule has 2 heterocycles. The first kappa shape index (κ1) is 16.7. The van der Waals surface area contributed by atoms with Gasteiger partial charge < -0.3 is 15.4 Å². The summed E-state index contributed by atoms with van der Waals surface area (Å²) < 4.78 is 7.38. The van der Waals surface area contributed by atoms with Crippen LogP contribution in [0.2, 0.25) is 0 Å². The largest absolute Gasteiger partial charge is 0.375 e. The van der Waals surface area contributed by atoms with Crippen LogP contribution in [0.15, 0.2) is 42.7 Å². The van der Waals surface area contributed by atoms with Gasteiger partial charge in [0.15, 0.2) is 0 Å². The van der Waals surface area contributed by atoms with Crippen LogP contribution >= 0.6 is 0 Å². The van der Waals surface area contributed by atoms with Crippen molar-refractivity contribution in [1.29, 1.82) is 0 Å². The molecule has 2 atom stereocenters. The number of benzene rings is 1. The molecular formula is C18H24N4O2. The first-order chi connectivity index (χ1) is 11.7. The molecule has 2 N–H and O–H groups in total. The van der Waals surface area contributed by atoms with E-state index in [-0.39, 0.29) is 17.7 Å². The molecule has 1 saturated heterocycles. The molecule has 128 valence electrons. The molecule has 0 spiro atoms. The van der Waals surface area contributed by atoms with Gasteiger partial charge in [-0.3, -0.25) is 9.48 Å². The highest BCUT2D eigenvalue weighted by Crippen LogP contribution is 2.27. The first-order valence-electron chi connectivity index (χ1n) is 8.32. The zero-order valence-corrected chi connectivity index (χ0v) is 13.9. The van der Waals surface area contributed by atoms with Crippen molar-refractivity contribution >= 4 is 5.91 Å². The summed E-state index contributed by atoms with van der Waals surface area (Å²) in [6.45, 7) is 3.13. The van der Waals surface area contributed by atoms with Gasteiger partial charge in [-0.05, 0) is 11.1 Å². The van der Waals surface area contributed by atoms with Gasteiger partial charge in [-0.15, -0.1) is 0 Å². The summed E-state index contributed by atoms with van der Waals surface area (Å²) in [4.78, 5) is 12.4. The zero-order valence-electron chi connectivity index (χ0n) is 13.9. The molecule has 1 amide bonds. The molecular weight excluding hydrogens is 304 g/mol. The third-order valence-electron chi connectivity index (χ3n) is 4.36. The maximum absolute atomic E-state index is 12.4. The SMILES string of the molecule is Cn1cc([C@H]2CNC[C@@H]2C(=O)NCCOCc2ccccc2)cn1. The summed E-state index contributed by atoms with van der Waals surface area (Å²) in [6, 6.07) is 10.0. The van der Waals surface area contributed by atoms with Crippen molar-refractivity contribution in [1.82, 2.24) is 20.4 Å². The summed E-state index contributed by atoms with van der Waals surface area (Å²) in [7, 11) is 1.89. The normalized spacial score (nSPS) is 20.2. The molecule has 1 aliphatic rings. The monoisotopic (exact) mass is 328 g/mol. The second kappa shape index (κ2) is 8.08. The van der Waals surface area contributed by atoms with Crippen molar-refractivity contribution in [2.45, 2.75) is 12.5 Å². The molecule has 0 unspecified atom stereocenters. The van der Waals surface area contributed by atoms with Crippen LogP contribution in [0.3, 0.4) is 0 Å². The highest BCUT2D eigenvalue weighted by Gasteiger charge is 2.34. The Hall–Kier alpha value is -2.18. The Morgan fingerprint density at radius 2 is 2.21 bits per heavy atom. The third kappa shape index (κ3) is 4.21. The number of rotatable bonds is 7. The number of nitrogens with one attached hydrogen (secondary N) is 2. The number of nitrogens with zero attached hydrogens (tertiary/aromatic N) is 2. The molecule has 24 heavy (non-hydrogen) atoms. The number of carbonyl (C=O) groups excluding carboxylic acids is 1. The fourth-order valence-corrected chi connectivity index (χ4v) is 3.08. The lowest BCUT2D eigenvalue weighted by molar-refractivity contribution is -0.125. The van der Waals surface area contributed by atoms with Crippen LogP contribution < -0.4 is 10.6 Å². The van der Waals surface area contributed by atoms with Crippen LogP contribution in [0.25, 0.3) is 0 Å². The third-order valence-corrected chi connectivity index (χ3v) is 4.36. The molecule has 3 rings (SSSR count). The molecule has 6 nitrogen and oxygen atoms in total. The lowest BCUT2D eigenvalue weighted by Crippen LogP contribution is -2.36. The van der Waals surface area contributed by atoms with E-state index in [1.54, 1.807) is 4.68 Å². The molecule has 0 bridgehead atoms. The van der Waals surface area contributed by atoms with Crippen molar-refractivity contribution in [3.8, 4) is 0 Å². The number of hydrogen-bond donors (Lipinski definition) is 2. The summed E-state index contributed by atoms with van der Waals surface area (Å²) in [5.74, 6) is 0.212. The van der Waals surface area contributed by atoms with E-state index in [1.807, 2.05) is 49.8 Å². The molecule has 1 aromatic carbocycles. The van der Waals surface area contributed by atoms with Crippen LogP contribution in [-0.4, -0.2) is 41.9 Å². The van der Waals surface area contributed by atoms with Gasteiger partial charge in [0.05, 0.1) is 25.3 Å². The van der Waals surface area contributed by atoms with E-state index in [0.717, 1.165) is 17.7 Å². The van der Waals surface area contributed by atoms with Crippen LogP contribution in [0.1, 0.15) is 17.0 Å². The van der Waals surface area contributed by atoms with Gasteiger partial charge in [0.25, 0.3) is 0 Å². The average Bonchev–Trinajstić information content (AvgIpc) is 3.24. The quantitative estimate of drug-likeness (QED) is 0.746. The van der Waals surface area contributed by atoms with E-state index in [4.69, 9.17) is 4.74 Å². The lowest BCUT2D eigenvalue weighted by Gasteiger charge is -2.17. The number of amides is 1. The van der Waals surface area contributed by atoms with Gasteiger partial charge in [-0.2, -0.15) is 5.10 Å². The molecule has 1 aliphatic heterocycles. The predicted octanol–water partition coefficient (Wildman–Crippen LogP) is 1.06. The number of hydrogen-bond acceptors (Lipinski definition) is 4. The molecule has 2 aromatic rings. The Balaban J connectivity index is 1.41. The first-order valence-corrected chi connectivity index (χ1v) is 8.32. The van der Waals surface area contributed by atoms with Crippen molar-refractivity contribution < 1.29 is 9.53 Å². The maximum atomic E-state index is 12.4. The average molecular weight is 328 g/mol. The molecule has 0 radical (unpaired) electrons. The highest BCUT2D eigenvalue weighted by molar-refractivity contribution is 5.80. The fourth-order valence-electron chi connectivity index (χ4n) is 3.08. The smallest absolute Gasteiger partial charge is 0.225 e. The van der Waals surface area contributed by atoms with E-state index in [2.05, 4.69) is 15.7 Å². The summed E-state index contributed by atoms with van der Waals surface area (Å²) in [5, 5.41) is 10.5. The summed E-state index contributed by atoms with van der Waals surface area (Å²) in [6.07, 6.45) is 3.84. The molecule has 1 aromatic heterocycles. The zero-order chi connectivity index (χ0) is 16.8. The van der Waals surface area contributed by atoms with E-state index in [0.29, 0.717) is 26.3 Å². The maximum Gasteiger partial charge on any atom is 0.225 e. The van der Waals surface area contributed by atoms with Gasteiger partial charge in [-0.25, -0.2) is 0 Å². The van der Waals surface area contributed by atoms with Crippen LogP contribution in [-0.2, 0) is 23.2 Å². The van der Waals surface area contributed by atoms with Crippen molar-refractivity contribution in [2.75, 3.05) is 26.2 Å². The van der Waals surface area contributed by atoms with Crippen LogP contribution in [0.4, 0.5) is 0 Å². The lowest BCUT2D eigenvalue weighted by atomic mass is 9.90. The van der Waals surface area contributed by atoms with Gasteiger partial charge in [0, 0.05) is 38.8 Å². The minimum Gasteiger partial charge on any atom is -0.375 e. The van der Waals surface area contributed by atoms with E-state index in [1.165, 1.54) is 0 Å². The Bertz CT molecular complexity index is 656. The molecule has 0 aliphatic carbocycles. The second-order valence-corrected chi connectivity index (χ2v) is 6.15. The minimum atomic E-state index is -0.0525. The van der Waals surface area contributed by atoms with Gasteiger partial charge in [0.1, 0.15) is 0 Å². The Labute approximate surface area is 142 Å². The van der Waals surface area contributed by atoms with Gasteiger partial charge >= 0.3 is 0 Å². The molecule has 1 fully saturated rings. The van der Waals surface area contributed by atoms with Gasteiger partial charge in [0.2, 0.25) is 5.91 Å². The van der Waals surface area contributed by atoms with Crippen molar-refractivity contribution in [3.63, 3.8) is 0 Å². The van der Waals surface area contributed by atoms with E-state index >= 15 is 0 Å². The molecule has 0 saturated carbocycles. The highest BCUT2D eigenvalue weighted by atomic mass is 16.5. The summed E-state index contributed by atoms with van der Waals surface area (Å²) >= 11 is 0. The van der Waals surface area contributed by atoms with Gasteiger partial charge in [-0.1, -0.05) is 30.3 Å². The second-order valence-electron chi connectivity index (χ2n) is 6.15. The number of aromatic nitrogens is 2. The number of aryl methyl sites for hydroxylation is 1.